The highest BCUT2D eigenvalue weighted by molar-refractivity contribution is 6.99. The number of aliphatic hydroxyl groups is 1. The van der Waals surface area contributed by atoms with Crippen LogP contribution in [0.5, 0.6) is 5.75 Å². The van der Waals surface area contributed by atoms with Gasteiger partial charge in [0, 0.05) is 17.4 Å². The van der Waals surface area contributed by atoms with E-state index in [1.54, 1.807) is 30.3 Å². The normalized spacial score (nSPS) is 20.4. The Hall–Kier alpha value is -2.92. The molecule has 210 valence electrons. The Balaban J connectivity index is 1.58. The Bertz CT molecular complexity index is 1250. The van der Waals surface area contributed by atoms with Gasteiger partial charge in [-0.2, -0.15) is 5.26 Å². The van der Waals surface area contributed by atoms with Crippen LogP contribution in [-0.2, 0) is 9.16 Å². The van der Waals surface area contributed by atoms with E-state index in [1.165, 1.54) is 10.4 Å². The van der Waals surface area contributed by atoms with E-state index in [9.17, 15) is 10.4 Å². The molecular formula is C33H38ClNO4Si. The number of nitriles is 1. The van der Waals surface area contributed by atoms with Crippen LogP contribution in [0.3, 0.4) is 0 Å². The zero-order valence-electron chi connectivity index (χ0n) is 23.4. The Morgan fingerprint density at radius 2 is 1.70 bits per heavy atom. The molecule has 1 aliphatic heterocycles. The molecule has 1 fully saturated rings. The molecule has 3 aromatic carbocycles. The monoisotopic (exact) mass is 575 g/mol. The van der Waals surface area contributed by atoms with Crippen molar-refractivity contribution < 1.29 is 19.0 Å². The van der Waals surface area contributed by atoms with Crippen LogP contribution in [0.25, 0.3) is 0 Å². The second-order valence-corrected chi connectivity index (χ2v) is 15.9. The SMILES string of the molecule is CC(C)(C)[Si](O[C@H]1CO[C@H](/C=C/[C@@H](O)COc2cccc(Cl)c2)[C@H]1CCC#N)(c1ccccc1)c1ccccc1. The summed E-state index contributed by atoms with van der Waals surface area (Å²) in [6.07, 6.45) is 3.34. The van der Waals surface area contributed by atoms with Gasteiger partial charge in [-0.3, -0.25) is 0 Å². The van der Waals surface area contributed by atoms with Gasteiger partial charge in [0.1, 0.15) is 18.5 Å². The van der Waals surface area contributed by atoms with Gasteiger partial charge in [0.15, 0.2) is 0 Å². The van der Waals surface area contributed by atoms with Gasteiger partial charge in [-0.05, 0) is 40.0 Å². The highest BCUT2D eigenvalue weighted by atomic mass is 35.5. The number of hydrogen-bond donors (Lipinski definition) is 1. The lowest BCUT2D eigenvalue weighted by molar-refractivity contribution is 0.110. The number of benzene rings is 3. The van der Waals surface area contributed by atoms with Crippen LogP contribution < -0.4 is 15.1 Å². The van der Waals surface area contributed by atoms with Crippen LogP contribution in [-0.4, -0.2) is 44.9 Å². The minimum atomic E-state index is -2.79. The second-order valence-electron chi connectivity index (χ2n) is 11.2. The van der Waals surface area contributed by atoms with E-state index in [4.69, 9.17) is 25.5 Å². The van der Waals surface area contributed by atoms with Crippen LogP contribution in [0.1, 0.15) is 33.6 Å². The predicted molar refractivity (Wildman–Crippen MR) is 163 cm³/mol. The van der Waals surface area contributed by atoms with E-state index < -0.39 is 14.4 Å². The molecule has 0 bridgehead atoms. The molecule has 1 saturated heterocycles. The molecule has 0 amide bonds. The fraction of sp³-hybridized carbons (Fsp3) is 0.364. The quantitative estimate of drug-likeness (QED) is 0.228. The van der Waals surface area contributed by atoms with Crippen molar-refractivity contribution in [3.8, 4) is 11.8 Å². The first-order chi connectivity index (χ1) is 19.2. The maximum absolute atomic E-state index is 10.6. The lowest BCUT2D eigenvalue weighted by Gasteiger charge is -2.45. The van der Waals surface area contributed by atoms with Gasteiger partial charge in [0.25, 0.3) is 8.32 Å². The summed E-state index contributed by atoms with van der Waals surface area (Å²) in [6, 6.07) is 30.5. The van der Waals surface area contributed by atoms with Crippen molar-refractivity contribution in [2.45, 2.75) is 57.0 Å². The predicted octanol–water partition coefficient (Wildman–Crippen LogP) is 5.90. The molecule has 5 nitrogen and oxygen atoms in total. The lowest BCUT2D eigenvalue weighted by atomic mass is 9.93. The summed E-state index contributed by atoms with van der Waals surface area (Å²) in [4.78, 5) is 0. The van der Waals surface area contributed by atoms with Crippen LogP contribution in [0.15, 0.2) is 97.1 Å². The Kier molecular flexibility index (Phi) is 10.2. The molecule has 0 radical (unpaired) electrons. The average molecular weight is 576 g/mol. The number of aliphatic hydroxyl groups excluding tert-OH is 1. The maximum Gasteiger partial charge on any atom is 0.261 e. The van der Waals surface area contributed by atoms with Crippen molar-refractivity contribution in [3.05, 3.63) is 102 Å². The smallest absolute Gasteiger partial charge is 0.261 e. The zero-order valence-corrected chi connectivity index (χ0v) is 25.1. The van der Waals surface area contributed by atoms with Gasteiger partial charge in [-0.25, -0.2) is 0 Å². The van der Waals surface area contributed by atoms with Crippen LogP contribution in [0, 0.1) is 17.2 Å². The van der Waals surface area contributed by atoms with Gasteiger partial charge < -0.3 is 19.0 Å². The number of ether oxygens (including phenoxy) is 2. The molecule has 0 aliphatic carbocycles. The molecule has 1 N–H and O–H groups in total. The second kappa shape index (κ2) is 13.6. The van der Waals surface area contributed by atoms with E-state index in [-0.39, 0.29) is 29.8 Å². The molecule has 0 aromatic heterocycles. The third-order valence-corrected chi connectivity index (χ3v) is 12.7. The summed E-state index contributed by atoms with van der Waals surface area (Å²) in [5.41, 5.74) is 0. The summed E-state index contributed by atoms with van der Waals surface area (Å²) in [5.74, 6) is 0.571. The lowest BCUT2D eigenvalue weighted by Crippen LogP contribution is -2.68. The highest BCUT2D eigenvalue weighted by Crippen LogP contribution is 2.40. The van der Waals surface area contributed by atoms with Crippen LogP contribution in [0.2, 0.25) is 10.1 Å². The highest BCUT2D eigenvalue weighted by Gasteiger charge is 2.53. The van der Waals surface area contributed by atoms with E-state index in [0.29, 0.717) is 30.2 Å². The molecule has 3 aromatic rings. The first-order valence-electron chi connectivity index (χ1n) is 13.8. The molecule has 1 aliphatic rings. The molecule has 0 unspecified atom stereocenters. The fourth-order valence-electron chi connectivity index (χ4n) is 5.52. The summed E-state index contributed by atoms with van der Waals surface area (Å²) in [6.45, 7) is 7.28. The van der Waals surface area contributed by atoms with Crippen molar-refractivity contribution in [2.75, 3.05) is 13.2 Å². The van der Waals surface area contributed by atoms with Gasteiger partial charge in [-0.15, -0.1) is 0 Å². The zero-order chi connectivity index (χ0) is 28.6. The van der Waals surface area contributed by atoms with Gasteiger partial charge in [0.05, 0.1) is 24.9 Å². The minimum absolute atomic E-state index is 0.0291. The van der Waals surface area contributed by atoms with E-state index in [0.717, 1.165) is 0 Å². The summed E-state index contributed by atoms with van der Waals surface area (Å²) in [7, 11) is -2.79. The van der Waals surface area contributed by atoms with Crippen LogP contribution >= 0.6 is 11.6 Å². The van der Waals surface area contributed by atoms with E-state index >= 15 is 0 Å². The Morgan fingerprint density at radius 3 is 2.27 bits per heavy atom. The van der Waals surface area contributed by atoms with Crippen molar-refractivity contribution in [1.29, 1.82) is 5.26 Å². The van der Waals surface area contributed by atoms with Gasteiger partial charge in [-0.1, -0.05) is 111 Å². The van der Waals surface area contributed by atoms with Crippen molar-refractivity contribution in [2.24, 2.45) is 5.92 Å². The molecular weight excluding hydrogens is 538 g/mol. The van der Waals surface area contributed by atoms with Crippen molar-refractivity contribution in [1.82, 2.24) is 0 Å². The summed E-state index contributed by atoms with van der Waals surface area (Å²) in [5, 5.41) is 22.8. The number of hydrogen-bond acceptors (Lipinski definition) is 5. The molecule has 0 spiro atoms. The molecule has 7 heteroatoms. The third kappa shape index (κ3) is 7.04. The van der Waals surface area contributed by atoms with Crippen molar-refractivity contribution in [3.63, 3.8) is 0 Å². The number of halogens is 1. The average Bonchev–Trinajstić information content (AvgIpc) is 3.33. The summed E-state index contributed by atoms with van der Waals surface area (Å²) < 4.78 is 19.3. The fourth-order valence-corrected chi connectivity index (χ4v) is 10.4. The third-order valence-electron chi connectivity index (χ3n) is 7.43. The molecule has 4 atom stereocenters. The standard InChI is InChI=1S/C33H38ClNO4Si/c1-33(2,3)40(28-14-6-4-7-15-28,29-16-8-5-9-17-29)39-32-24-38-31(30(32)18-11-21-35)20-19-26(36)23-37-27-13-10-12-25(34)22-27/h4-10,12-17,19-20,22,26,30-32,36H,11,18,23-24H2,1-3H3/b20-19+/t26-,30-,31-,32+/m1/s1. The first-order valence-corrected chi connectivity index (χ1v) is 16.1. The molecule has 40 heavy (non-hydrogen) atoms. The molecule has 1 heterocycles. The number of rotatable bonds is 11. The Morgan fingerprint density at radius 1 is 1.05 bits per heavy atom. The molecule has 0 saturated carbocycles. The van der Waals surface area contributed by atoms with Gasteiger partial charge in [0.2, 0.25) is 0 Å². The van der Waals surface area contributed by atoms with Crippen LogP contribution in [0.4, 0.5) is 0 Å². The molecule has 4 rings (SSSR count). The van der Waals surface area contributed by atoms with Gasteiger partial charge >= 0.3 is 0 Å². The summed E-state index contributed by atoms with van der Waals surface area (Å²) >= 11 is 6.03. The first kappa shape index (κ1) is 30.0. The number of nitrogens with zero attached hydrogens (tertiary/aromatic N) is 1. The van der Waals surface area contributed by atoms with E-state index in [2.05, 4.69) is 75.4 Å². The van der Waals surface area contributed by atoms with E-state index in [1.807, 2.05) is 18.2 Å². The largest absolute Gasteiger partial charge is 0.491 e. The topological polar surface area (TPSA) is 71.7 Å². The minimum Gasteiger partial charge on any atom is -0.491 e. The Labute approximate surface area is 244 Å². The van der Waals surface area contributed by atoms with Crippen molar-refractivity contribution >= 4 is 30.3 Å². The maximum atomic E-state index is 10.6.